The Kier molecular flexibility index (Phi) is 7.11. The molecule has 1 aromatic rings. The van der Waals surface area contributed by atoms with Crippen molar-refractivity contribution in [2.24, 2.45) is 0 Å². The van der Waals surface area contributed by atoms with Gasteiger partial charge in [0.15, 0.2) is 0 Å². The summed E-state index contributed by atoms with van der Waals surface area (Å²) in [6, 6.07) is 8.60. The molecule has 3 heteroatoms. The summed E-state index contributed by atoms with van der Waals surface area (Å²) in [6.07, 6.45) is 3.58. The number of nitrogens with zero attached hydrogens (tertiary/aromatic N) is 2. The summed E-state index contributed by atoms with van der Waals surface area (Å²) in [5, 5.41) is 9.02. The topological polar surface area (TPSA) is 36.3 Å². The first-order valence-corrected chi connectivity index (χ1v) is 7.47. The van der Waals surface area contributed by atoms with Crippen LogP contribution in [0.4, 0.5) is 0 Å². The molecule has 1 atom stereocenters. The zero-order chi connectivity index (χ0) is 15.0. The van der Waals surface area contributed by atoms with E-state index in [1.807, 2.05) is 18.2 Å². The van der Waals surface area contributed by atoms with E-state index < -0.39 is 0 Å². The average Bonchev–Trinajstić information content (AvgIpc) is 2.50. The number of benzene rings is 1. The molecule has 0 aromatic heterocycles. The minimum Gasteiger partial charge on any atom is -0.495 e. The molecule has 0 N–H and O–H groups in total. The van der Waals surface area contributed by atoms with Crippen LogP contribution in [0.25, 0.3) is 0 Å². The van der Waals surface area contributed by atoms with Gasteiger partial charge >= 0.3 is 0 Å². The van der Waals surface area contributed by atoms with E-state index >= 15 is 0 Å². The Morgan fingerprint density at radius 3 is 2.65 bits per heavy atom. The molecule has 0 heterocycles. The lowest BCUT2D eigenvalue weighted by atomic mass is 10.1. The third kappa shape index (κ3) is 4.54. The van der Waals surface area contributed by atoms with Gasteiger partial charge in [-0.1, -0.05) is 26.3 Å². The van der Waals surface area contributed by atoms with Crippen molar-refractivity contribution in [3.05, 3.63) is 29.3 Å². The van der Waals surface area contributed by atoms with E-state index in [0.717, 1.165) is 19.5 Å². The number of nitriles is 1. The number of hydrogen-bond acceptors (Lipinski definition) is 3. The summed E-state index contributed by atoms with van der Waals surface area (Å²) in [6.45, 7) is 8.75. The number of methoxy groups -OCH3 is 1. The van der Waals surface area contributed by atoms with Crippen LogP contribution in [-0.4, -0.2) is 24.6 Å². The summed E-state index contributed by atoms with van der Waals surface area (Å²) in [5.74, 6) is 0.671. The standard InChI is InChI=1S/C17H26N2O/c1-5-7-10-19(14(3)6-2)13-15-8-9-16(12-18)17(11-15)20-4/h8-9,11,14H,5-7,10,13H2,1-4H3. The molecule has 1 aromatic carbocycles. The van der Waals surface area contributed by atoms with Crippen LogP contribution in [0.5, 0.6) is 5.75 Å². The molecule has 0 aliphatic heterocycles. The lowest BCUT2D eigenvalue weighted by molar-refractivity contribution is 0.192. The highest BCUT2D eigenvalue weighted by Gasteiger charge is 2.13. The molecule has 0 bridgehead atoms. The molecule has 1 unspecified atom stereocenters. The maximum atomic E-state index is 9.02. The number of ether oxygens (including phenoxy) is 1. The van der Waals surface area contributed by atoms with E-state index in [2.05, 4.69) is 31.7 Å². The van der Waals surface area contributed by atoms with Gasteiger partial charge in [0.25, 0.3) is 0 Å². The van der Waals surface area contributed by atoms with Crippen molar-refractivity contribution >= 4 is 0 Å². The van der Waals surface area contributed by atoms with Gasteiger partial charge in [0, 0.05) is 12.6 Å². The van der Waals surface area contributed by atoms with Gasteiger partial charge in [0.2, 0.25) is 0 Å². The van der Waals surface area contributed by atoms with Crippen molar-refractivity contribution < 1.29 is 4.74 Å². The van der Waals surface area contributed by atoms with Crippen molar-refractivity contribution in [1.82, 2.24) is 4.90 Å². The summed E-state index contributed by atoms with van der Waals surface area (Å²) in [4.78, 5) is 2.50. The van der Waals surface area contributed by atoms with Crippen molar-refractivity contribution in [3.8, 4) is 11.8 Å². The lowest BCUT2D eigenvalue weighted by Crippen LogP contribution is -2.33. The van der Waals surface area contributed by atoms with Gasteiger partial charge in [-0.05, 0) is 44.0 Å². The molecule has 20 heavy (non-hydrogen) atoms. The quantitative estimate of drug-likeness (QED) is 0.719. The highest BCUT2D eigenvalue weighted by Crippen LogP contribution is 2.21. The van der Waals surface area contributed by atoms with Crippen LogP contribution < -0.4 is 4.74 Å². The minimum absolute atomic E-state index is 0.572. The molecule has 0 spiro atoms. The smallest absolute Gasteiger partial charge is 0.136 e. The second-order valence-electron chi connectivity index (χ2n) is 5.23. The van der Waals surface area contributed by atoms with Crippen LogP contribution in [0.3, 0.4) is 0 Å². The molecule has 0 aliphatic carbocycles. The van der Waals surface area contributed by atoms with Gasteiger partial charge in [0.1, 0.15) is 11.8 Å². The number of hydrogen-bond donors (Lipinski definition) is 0. The maximum absolute atomic E-state index is 9.02. The Hall–Kier alpha value is -1.53. The highest BCUT2D eigenvalue weighted by atomic mass is 16.5. The van der Waals surface area contributed by atoms with E-state index in [1.165, 1.54) is 18.4 Å². The first kappa shape index (κ1) is 16.5. The first-order chi connectivity index (χ1) is 9.65. The lowest BCUT2D eigenvalue weighted by Gasteiger charge is -2.28. The second-order valence-corrected chi connectivity index (χ2v) is 5.23. The molecule has 0 amide bonds. The summed E-state index contributed by atoms with van der Waals surface area (Å²) < 4.78 is 5.29. The zero-order valence-corrected chi connectivity index (χ0v) is 13.1. The molecule has 0 saturated heterocycles. The van der Waals surface area contributed by atoms with Gasteiger partial charge in [-0.15, -0.1) is 0 Å². The first-order valence-electron chi connectivity index (χ1n) is 7.47. The minimum atomic E-state index is 0.572. The SMILES string of the molecule is CCCCN(Cc1ccc(C#N)c(OC)c1)C(C)CC. The molecular weight excluding hydrogens is 248 g/mol. The largest absolute Gasteiger partial charge is 0.495 e. The van der Waals surface area contributed by atoms with Gasteiger partial charge in [0.05, 0.1) is 12.7 Å². The molecule has 0 aliphatic rings. The fourth-order valence-corrected chi connectivity index (χ4v) is 2.24. The third-order valence-electron chi connectivity index (χ3n) is 3.79. The molecule has 3 nitrogen and oxygen atoms in total. The highest BCUT2D eigenvalue weighted by molar-refractivity contribution is 5.45. The van der Waals surface area contributed by atoms with Crippen LogP contribution in [0.1, 0.15) is 51.2 Å². The monoisotopic (exact) mass is 274 g/mol. The van der Waals surface area contributed by atoms with Crippen molar-refractivity contribution in [2.75, 3.05) is 13.7 Å². The molecule has 1 rings (SSSR count). The molecule has 0 radical (unpaired) electrons. The Labute approximate surface area is 123 Å². The maximum Gasteiger partial charge on any atom is 0.136 e. The molecule has 0 fully saturated rings. The van der Waals surface area contributed by atoms with E-state index in [4.69, 9.17) is 10.00 Å². The summed E-state index contributed by atoms with van der Waals surface area (Å²) in [5.41, 5.74) is 1.80. The Morgan fingerprint density at radius 1 is 1.35 bits per heavy atom. The normalized spacial score (nSPS) is 12.2. The van der Waals surface area contributed by atoms with E-state index in [9.17, 15) is 0 Å². The molecule has 0 saturated carbocycles. The Balaban J connectivity index is 2.85. The number of unbranched alkanes of at least 4 members (excludes halogenated alkanes) is 1. The van der Waals surface area contributed by atoms with Gasteiger partial charge in [-0.2, -0.15) is 5.26 Å². The van der Waals surface area contributed by atoms with Crippen LogP contribution in [0.15, 0.2) is 18.2 Å². The molecular formula is C17H26N2O. The van der Waals surface area contributed by atoms with Gasteiger partial charge in [-0.25, -0.2) is 0 Å². The Bertz CT molecular complexity index is 451. The summed E-state index contributed by atoms with van der Waals surface area (Å²) >= 11 is 0. The molecule has 110 valence electrons. The van der Waals surface area contributed by atoms with Crippen LogP contribution in [-0.2, 0) is 6.54 Å². The predicted octanol–water partition coefficient (Wildman–Crippen LogP) is 3.97. The number of rotatable bonds is 8. The average molecular weight is 274 g/mol. The summed E-state index contributed by atoms with van der Waals surface area (Å²) in [7, 11) is 1.61. The second kappa shape index (κ2) is 8.60. The fourth-order valence-electron chi connectivity index (χ4n) is 2.24. The fraction of sp³-hybridized carbons (Fsp3) is 0.588. The van der Waals surface area contributed by atoms with Crippen molar-refractivity contribution in [1.29, 1.82) is 5.26 Å². The predicted molar refractivity (Wildman–Crippen MR) is 82.8 cm³/mol. The van der Waals surface area contributed by atoms with E-state index in [1.54, 1.807) is 7.11 Å². The van der Waals surface area contributed by atoms with Crippen molar-refractivity contribution in [2.45, 2.75) is 52.6 Å². The zero-order valence-electron chi connectivity index (χ0n) is 13.1. The van der Waals surface area contributed by atoms with Gasteiger partial charge < -0.3 is 4.74 Å². The van der Waals surface area contributed by atoms with Crippen LogP contribution in [0.2, 0.25) is 0 Å². The van der Waals surface area contributed by atoms with E-state index in [0.29, 0.717) is 17.4 Å². The van der Waals surface area contributed by atoms with E-state index in [-0.39, 0.29) is 0 Å². The van der Waals surface area contributed by atoms with Gasteiger partial charge in [-0.3, -0.25) is 4.90 Å². The third-order valence-corrected chi connectivity index (χ3v) is 3.79. The Morgan fingerprint density at radius 2 is 2.10 bits per heavy atom. The van der Waals surface area contributed by atoms with Crippen LogP contribution >= 0.6 is 0 Å². The van der Waals surface area contributed by atoms with Crippen molar-refractivity contribution in [3.63, 3.8) is 0 Å². The van der Waals surface area contributed by atoms with Crippen LogP contribution in [0, 0.1) is 11.3 Å².